The molecule has 2 aromatic rings. The molecule has 5 nitrogen and oxygen atoms in total. The van der Waals surface area contributed by atoms with E-state index in [9.17, 15) is 5.26 Å². The lowest BCUT2D eigenvalue weighted by Crippen LogP contribution is -2.46. The van der Waals surface area contributed by atoms with Crippen LogP contribution in [-0.4, -0.2) is 37.7 Å². The summed E-state index contributed by atoms with van der Waals surface area (Å²) in [6.45, 7) is 5.47. The zero-order valence-corrected chi connectivity index (χ0v) is 15.1. The number of furan rings is 1. The van der Waals surface area contributed by atoms with Crippen molar-refractivity contribution in [2.24, 2.45) is 0 Å². The molecule has 1 unspecified atom stereocenters. The Hall–Kier alpha value is -2.29. The highest BCUT2D eigenvalue weighted by Gasteiger charge is 2.22. The van der Waals surface area contributed by atoms with Crippen molar-refractivity contribution < 1.29 is 9.15 Å². The monoisotopic (exact) mass is 351 g/mol. The van der Waals surface area contributed by atoms with E-state index in [4.69, 9.17) is 9.15 Å². The second-order valence-corrected chi connectivity index (χ2v) is 7.05. The summed E-state index contributed by atoms with van der Waals surface area (Å²) in [4.78, 5) is 4.72. The number of hydrogen-bond acceptors (Lipinski definition) is 5. The number of rotatable bonds is 4. The van der Waals surface area contributed by atoms with Crippen LogP contribution in [0, 0.1) is 11.3 Å². The summed E-state index contributed by atoms with van der Waals surface area (Å²) in [6.07, 6.45) is 3.57. The second kappa shape index (κ2) is 7.94. The molecule has 0 N–H and O–H groups in total. The van der Waals surface area contributed by atoms with Gasteiger partial charge in [-0.2, -0.15) is 5.26 Å². The Kier molecular flexibility index (Phi) is 5.24. The van der Waals surface area contributed by atoms with E-state index in [-0.39, 0.29) is 6.10 Å². The molecule has 0 spiro atoms. The van der Waals surface area contributed by atoms with Crippen LogP contribution in [-0.2, 0) is 11.3 Å². The van der Waals surface area contributed by atoms with Crippen LogP contribution in [0.3, 0.4) is 0 Å². The predicted molar refractivity (Wildman–Crippen MR) is 99.9 cm³/mol. The molecule has 2 fully saturated rings. The summed E-state index contributed by atoms with van der Waals surface area (Å²) in [5, 5.41) is 9.30. The van der Waals surface area contributed by atoms with E-state index in [0.717, 1.165) is 74.9 Å². The third-order valence-electron chi connectivity index (χ3n) is 5.30. The maximum absolute atomic E-state index is 9.30. The minimum Gasteiger partial charge on any atom is -0.462 e. The average molecular weight is 351 g/mol. The number of benzene rings is 1. The van der Waals surface area contributed by atoms with E-state index in [0.29, 0.717) is 0 Å². The van der Waals surface area contributed by atoms with Gasteiger partial charge in [0.25, 0.3) is 0 Å². The van der Waals surface area contributed by atoms with Gasteiger partial charge in [-0.3, -0.25) is 4.90 Å². The number of para-hydroxylation sites is 1. The van der Waals surface area contributed by atoms with Gasteiger partial charge in [-0.15, -0.1) is 0 Å². The average Bonchev–Trinajstić information content (AvgIpc) is 3.18. The fourth-order valence-corrected chi connectivity index (χ4v) is 3.83. The highest BCUT2D eigenvalue weighted by atomic mass is 16.5. The smallest absolute Gasteiger partial charge is 0.133 e. The van der Waals surface area contributed by atoms with Crippen LogP contribution in [0.5, 0.6) is 0 Å². The molecule has 26 heavy (non-hydrogen) atoms. The normalized spacial score (nSPS) is 21.5. The highest BCUT2D eigenvalue weighted by molar-refractivity contribution is 5.59. The van der Waals surface area contributed by atoms with Gasteiger partial charge < -0.3 is 14.1 Å². The lowest BCUT2D eigenvalue weighted by molar-refractivity contribution is 0.000833. The van der Waals surface area contributed by atoms with Crippen molar-refractivity contribution in [1.29, 1.82) is 5.26 Å². The standard InChI is InChI=1S/C21H25N3O2/c22-15-17-5-1-2-6-19(17)24-12-10-23(11-13-24)16-18-8-9-21(26-18)20-7-3-4-14-25-20/h1-2,5-6,8-9,20H,3-4,7,10-14,16H2. The SMILES string of the molecule is N#Cc1ccccc1N1CCN(Cc2ccc(C3CCCCO3)o2)CC1. The molecule has 2 saturated heterocycles. The number of piperazine rings is 1. The minimum absolute atomic E-state index is 0.136. The Balaban J connectivity index is 1.33. The van der Waals surface area contributed by atoms with Crippen LogP contribution in [0.2, 0.25) is 0 Å². The minimum atomic E-state index is 0.136. The molecule has 5 heteroatoms. The number of ether oxygens (including phenoxy) is 1. The van der Waals surface area contributed by atoms with Crippen molar-refractivity contribution in [3.63, 3.8) is 0 Å². The quantitative estimate of drug-likeness (QED) is 0.840. The molecule has 0 bridgehead atoms. The first kappa shape index (κ1) is 17.1. The molecular formula is C21H25N3O2. The molecule has 4 rings (SSSR count). The largest absolute Gasteiger partial charge is 0.462 e. The zero-order valence-electron chi connectivity index (χ0n) is 15.1. The van der Waals surface area contributed by atoms with Crippen molar-refractivity contribution in [3.8, 4) is 6.07 Å². The molecule has 1 aromatic carbocycles. The number of nitrogens with zero attached hydrogens (tertiary/aromatic N) is 3. The van der Waals surface area contributed by atoms with Crippen LogP contribution in [0.15, 0.2) is 40.8 Å². The molecule has 136 valence electrons. The van der Waals surface area contributed by atoms with Gasteiger partial charge in [0.1, 0.15) is 23.7 Å². The van der Waals surface area contributed by atoms with Gasteiger partial charge in [-0.1, -0.05) is 12.1 Å². The lowest BCUT2D eigenvalue weighted by atomic mass is 10.1. The Morgan fingerprint density at radius 2 is 1.88 bits per heavy atom. The van der Waals surface area contributed by atoms with E-state index in [2.05, 4.69) is 28.0 Å². The summed E-state index contributed by atoms with van der Waals surface area (Å²) in [5.41, 5.74) is 1.80. The van der Waals surface area contributed by atoms with Crippen molar-refractivity contribution in [2.75, 3.05) is 37.7 Å². The fraction of sp³-hybridized carbons (Fsp3) is 0.476. The maximum Gasteiger partial charge on any atom is 0.133 e. The molecule has 1 atom stereocenters. The number of hydrogen-bond donors (Lipinski definition) is 0. The first-order chi connectivity index (χ1) is 12.8. The Bertz CT molecular complexity index is 766. The molecule has 0 saturated carbocycles. The number of nitriles is 1. The molecule has 2 aliphatic rings. The van der Waals surface area contributed by atoms with Crippen molar-refractivity contribution in [3.05, 3.63) is 53.5 Å². The van der Waals surface area contributed by atoms with Gasteiger partial charge in [-0.25, -0.2) is 0 Å². The van der Waals surface area contributed by atoms with Crippen LogP contribution in [0.4, 0.5) is 5.69 Å². The van der Waals surface area contributed by atoms with Crippen LogP contribution < -0.4 is 4.90 Å². The van der Waals surface area contributed by atoms with Crippen molar-refractivity contribution in [2.45, 2.75) is 31.9 Å². The lowest BCUT2D eigenvalue weighted by Gasteiger charge is -2.36. The summed E-state index contributed by atoms with van der Waals surface area (Å²) in [7, 11) is 0. The van der Waals surface area contributed by atoms with Gasteiger partial charge >= 0.3 is 0 Å². The molecule has 1 aromatic heterocycles. The molecule has 3 heterocycles. The summed E-state index contributed by atoms with van der Waals surface area (Å²) in [6, 6.07) is 14.3. The van der Waals surface area contributed by atoms with E-state index >= 15 is 0 Å². The summed E-state index contributed by atoms with van der Waals surface area (Å²) < 4.78 is 11.9. The van der Waals surface area contributed by atoms with Gasteiger partial charge in [0, 0.05) is 32.8 Å². The fourth-order valence-electron chi connectivity index (χ4n) is 3.83. The molecular weight excluding hydrogens is 326 g/mol. The van der Waals surface area contributed by atoms with Crippen LogP contribution in [0.1, 0.15) is 42.5 Å². The van der Waals surface area contributed by atoms with Crippen molar-refractivity contribution >= 4 is 5.69 Å². The van der Waals surface area contributed by atoms with Gasteiger partial charge in [-0.05, 0) is 43.5 Å². The first-order valence-electron chi connectivity index (χ1n) is 9.50. The van der Waals surface area contributed by atoms with E-state index in [1.807, 2.05) is 24.3 Å². The number of anilines is 1. The second-order valence-electron chi connectivity index (χ2n) is 7.05. The summed E-state index contributed by atoms with van der Waals surface area (Å²) in [5.74, 6) is 1.99. The maximum atomic E-state index is 9.30. The molecule has 0 radical (unpaired) electrons. The van der Waals surface area contributed by atoms with Gasteiger partial charge in [0.05, 0.1) is 17.8 Å². The van der Waals surface area contributed by atoms with E-state index in [1.54, 1.807) is 0 Å². The van der Waals surface area contributed by atoms with Crippen LogP contribution >= 0.6 is 0 Å². The molecule has 0 aliphatic carbocycles. The Morgan fingerprint density at radius 1 is 1.04 bits per heavy atom. The highest BCUT2D eigenvalue weighted by Crippen LogP contribution is 2.29. The third kappa shape index (κ3) is 3.77. The Morgan fingerprint density at radius 3 is 2.65 bits per heavy atom. The topological polar surface area (TPSA) is 52.6 Å². The van der Waals surface area contributed by atoms with Crippen molar-refractivity contribution in [1.82, 2.24) is 4.90 Å². The van der Waals surface area contributed by atoms with E-state index in [1.165, 1.54) is 6.42 Å². The summed E-state index contributed by atoms with van der Waals surface area (Å²) >= 11 is 0. The predicted octanol–water partition coefficient (Wildman–Crippen LogP) is 3.72. The first-order valence-corrected chi connectivity index (χ1v) is 9.50. The van der Waals surface area contributed by atoms with Gasteiger partial charge in [0.2, 0.25) is 0 Å². The molecule has 0 amide bonds. The van der Waals surface area contributed by atoms with Gasteiger partial charge in [0.15, 0.2) is 0 Å². The third-order valence-corrected chi connectivity index (χ3v) is 5.30. The van der Waals surface area contributed by atoms with E-state index < -0.39 is 0 Å². The Labute approximate surface area is 154 Å². The zero-order chi connectivity index (χ0) is 17.8. The van der Waals surface area contributed by atoms with Crippen LogP contribution in [0.25, 0.3) is 0 Å². The molecule has 2 aliphatic heterocycles.